The van der Waals surface area contributed by atoms with Crippen LogP contribution in [0.4, 0.5) is 0 Å². The van der Waals surface area contributed by atoms with Crippen molar-refractivity contribution in [2.45, 2.75) is 52.4 Å². The molecule has 0 N–H and O–H groups in total. The van der Waals surface area contributed by atoms with Crippen LogP contribution in [-0.2, 0) is 24.0 Å². The van der Waals surface area contributed by atoms with Crippen LogP contribution in [0.5, 0.6) is 0 Å². The number of ketones is 1. The molecule has 106 valence electrons. The number of imide groups is 1. The van der Waals surface area contributed by atoms with E-state index in [4.69, 9.17) is 4.84 Å². The number of rotatable bonds is 7. The summed E-state index contributed by atoms with van der Waals surface area (Å²) in [6.45, 7) is 3.67. The third-order valence-corrected chi connectivity index (χ3v) is 2.90. The van der Waals surface area contributed by atoms with Crippen LogP contribution in [0.15, 0.2) is 0 Å². The van der Waals surface area contributed by atoms with Gasteiger partial charge >= 0.3 is 5.97 Å². The van der Waals surface area contributed by atoms with Crippen molar-refractivity contribution < 1.29 is 24.0 Å². The first-order chi connectivity index (χ1) is 8.91. The molecule has 0 unspecified atom stereocenters. The van der Waals surface area contributed by atoms with E-state index in [1.165, 1.54) is 0 Å². The molecule has 0 aromatic carbocycles. The van der Waals surface area contributed by atoms with Gasteiger partial charge in [0.25, 0.3) is 11.8 Å². The Morgan fingerprint density at radius 1 is 1.11 bits per heavy atom. The first-order valence-corrected chi connectivity index (χ1v) is 6.51. The fourth-order valence-corrected chi connectivity index (χ4v) is 1.66. The summed E-state index contributed by atoms with van der Waals surface area (Å²) in [5, 5.41) is 0.543. The van der Waals surface area contributed by atoms with E-state index in [1.807, 2.05) is 13.8 Å². The zero-order valence-corrected chi connectivity index (χ0v) is 11.3. The summed E-state index contributed by atoms with van der Waals surface area (Å²) in [6, 6.07) is 0. The predicted molar refractivity (Wildman–Crippen MR) is 65.5 cm³/mol. The summed E-state index contributed by atoms with van der Waals surface area (Å²) in [7, 11) is 0. The van der Waals surface area contributed by atoms with Crippen molar-refractivity contribution in [2.75, 3.05) is 0 Å². The Hall–Kier alpha value is -1.72. The molecule has 0 radical (unpaired) electrons. The fraction of sp³-hybridized carbons (Fsp3) is 0.692. The lowest BCUT2D eigenvalue weighted by Crippen LogP contribution is -2.31. The number of carbonyl (C=O) groups excluding carboxylic acids is 4. The normalized spacial score (nSPS) is 15.2. The Morgan fingerprint density at radius 3 is 2.16 bits per heavy atom. The molecule has 2 amide bonds. The largest absolute Gasteiger partial charge is 0.333 e. The fourth-order valence-electron chi connectivity index (χ4n) is 1.66. The van der Waals surface area contributed by atoms with Crippen LogP contribution in [0.2, 0.25) is 0 Å². The number of unbranched alkanes of at least 4 members (excludes halogenated alkanes) is 1. The van der Waals surface area contributed by atoms with Crippen LogP contribution in [0.25, 0.3) is 0 Å². The highest BCUT2D eigenvalue weighted by atomic mass is 16.7. The summed E-state index contributed by atoms with van der Waals surface area (Å²) in [5.74, 6) is -1.40. The Kier molecular flexibility index (Phi) is 5.66. The average Bonchev–Trinajstić information content (AvgIpc) is 2.66. The molecule has 1 aliphatic rings. The molecule has 6 nitrogen and oxygen atoms in total. The van der Waals surface area contributed by atoms with E-state index >= 15 is 0 Å². The second-order valence-electron chi connectivity index (χ2n) is 4.87. The summed E-state index contributed by atoms with van der Waals surface area (Å²) in [6.07, 6.45) is 1.83. The van der Waals surface area contributed by atoms with Crippen LogP contribution < -0.4 is 0 Å². The van der Waals surface area contributed by atoms with Crippen molar-refractivity contribution in [3.05, 3.63) is 0 Å². The Morgan fingerprint density at radius 2 is 1.63 bits per heavy atom. The minimum absolute atomic E-state index is 0.00629. The lowest BCUT2D eigenvalue weighted by Gasteiger charge is -2.12. The molecule has 0 spiro atoms. The zero-order valence-electron chi connectivity index (χ0n) is 11.3. The van der Waals surface area contributed by atoms with E-state index in [9.17, 15) is 19.2 Å². The average molecular weight is 269 g/mol. The maximum Gasteiger partial charge on any atom is 0.333 e. The summed E-state index contributed by atoms with van der Waals surface area (Å²) in [5.41, 5.74) is 0. The Bertz CT molecular complexity index is 372. The summed E-state index contributed by atoms with van der Waals surface area (Å²) >= 11 is 0. The molecule has 0 saturated carbocycles. The van der Waals surface area contributed by atoms with E-state index in [1.54, 1.807) is 0 Å². The van der Waals surface area contributed by atoms with Gasteiger partial charge in [0.15, 0.2) is 0 Å². The quantitative estimate of drug-likeness (QED) is 0.515. The van der Waals surface area contributed by atoms with E-state index in [0.717, 1.165) is 0 Å². The number of nitrogens with zero attached hydrogens (tertiary/aromatic N) is 1. The van der Waals surface area contributed by atoms with Crippen LogP contribution in [0.3, 0.4) is 0 Å². The number of carbonyl (C=O) groups is 4. The molecule has 19 heavy (non-hydrogen) atoms. The highest BCUT2D eigenvalue weighted by molar-refractivity contribution is 6.01. The molecule has 1 rings (SSSR count). The van der Waals surface area contributed by atoms with Crippen molar-refractivity contribution in [3.63, 3.8) is 0 Å². The molecular weight excluding hydrogens is 250 g/mol. The van der Waals surface area contributed by atoms with E-state index < -0.39 is 17.8 Å². The van der Waals surface area contributed by atoms with Crippen LogP contribution in [0.1, 0.15) is 52.4 Å². The third kappa shape index (κ3) is 4.81. The first kappa shape index (κ1) is 15.3. The number of hydrogen-bond donors (Lipinski definition) is 0. The van der Waals surface area contributed by atoms with Gasteiger partial charge in [-0.3, -0.25) is 14.4 Å². The number of hydrogen-bond acceptors (Lipinski definition) is 5. The molecule has 1 fully saturated rings. The molecule has 6 heteroatoms. The van der Waals surface area contributed by atoms with Gasteiger partial charge in [-0.2, -0.15) is 0 Å². The highest BCUT2D eigenvalue weighted by Crippen LogP contribution is 2.13. The Balaban J connectivity index is 2.20. The van der Waals surface area contributed by atoms with Crippen molar-refractivity contribution in [1.82, 2.24) is 5.06 Å². The monoisotopic (exact) mass is 269 g/mol. The van der Waals surface area contributed by atoms with Gasteiger partial charge in [-0.1, -0.05) is 13.8 Å². The molecule has 0 atom stereocenters. The van der Waals surface area contributed by atoms with Crippen molar-refractivity contribution >= 4 is 23.6 Å². The molecule has 1 aliphatic heterocycles. The number of Topliss-reactive ketones (excluding diaryl/α,β-unsaturated/α-hetero) is 1. The minimum atomic E-state index is -0.611. The number of hydroxylamine groups is 2. The van der Waals surface area contributed by atoms with Crippen molar-refractivity contribution in [2.24, 2.45) is 5.92 Å². The van der Waals surface area contributed by atoms with Gasteiger partial charge in [0.2, 0.25) is 0 Å². The lowest BCUT2D eigenvalue weighted by molar-refractivity contribution is -0.197. The van der Waals surface area contributed by atoms with Crippen LogP contribution >= 0.6 is 0 Å². The minimum Gasteiger partial charge on any atom is -0.330 e. The zero-order chi connectivity index (χ0) is 14.4. The molecule has 1 saturated heterocycles. The van der Waals surface area contributed by atoms with E-state index in [2.05, 4.69) is 0 Å². The molecule has 0 aliphatic carbocycles. The predicted octanol–water partition coefficient (Wildman–Crippen LogP) is 1.38. The molecule has 0 aromatic heterocycles. The van der Waals surface area contributed by atoms with Gasteiger partial charge in [-0.25, -0.2) is 4.79 Å². The molecule has 0 aromatic rings. The second kappa shape index (κ2) is 7.01. The van der Waals surface area contributed by atoms with E-state index in [0.29, 0.717) is 24.3 Å². The molecule has 0 bridgehead atoms. The maximum absolute atomic E-state index is 11.4. The van der Waals surface area contributed by atoms with Gasteiger partial charge in [-0.15, -0.1) is 5.06 Å². The standard InChI is InChI=1S/C13H19NO5/c1-9(2)10(15)5-3-4-6-13(18)19-14-11(16)7-8-12(14)17/h9H,3-8H2,1-2H3. The second-order valence-corrected chi connectivity index (χ2v) is 4.87. The maximum atomic E-state index is 11.4. The van der Waals surface area contributed by atoms with Crippen LogP contribution in [-0.4, -0.2) is 28.6 Å². The Labute approximate surface area is 112 Å². The van der Waals surface area contributed by atoms with Gasteiger partial charge in [0, 0.05) is 31.6 Å². The van der Waals surface area contributed by atoms with Crippen molar-refractivity contribution in [3.8, 4) is 0 Å². The molecular formula is C13H19NO5. The summed E-state index contributed by atoms with van der Waals surface area (Å²) in [4.78, 5) is 49.8. The molecule has 1 heterocycles. The van der Waals surface area contributed by atoms with Gasteiger partial charge < -0.3 is 4.84 Å². The summed E-state index contributed by atoms with van der Waals surface area (Å²) < 4.78 is 0. The van der Waals surface area contributed by atoms with Crippen molar-refractivity contribution in [1.29, 1.82) is 0 Å². The number of amides is 2. The van der Waals surface area contributed by atoms with Gasteiger partial charge in [-0.05, 0) is 12.8 Å². The van der Waals surface area contributed by atoms with Gasteiger partial charge in [0.05, 0.1) is 0 Å². The van der Waals surface area contributed by atoms with E-state index in [-0.39, 0.29) is 31.0 Å². The first-order valence-electron chi connectivity index (χ1n) is 6.51. The smallest absolute Gasteiger partial charge is 0.330 e. The lowest BCUT2D eigenvalue weighted by atomic mass is 10.0. The van der Waals surface area contributed by atoms with Crippen LogP contribution in [0, 0.1) is 5.92 Å². The topological polar surface area (TPSA) is 80.8 Å². The van der Waals surface area contributed by atoms with Gasteiger partial charge in [0.1, 0.15) is 5.78 Å². The third-order valence-electron chi connectivity index (χ3n) is 2.90. The SMILES string of the molecule is CC(C)C(=O)CCCCC(=O)ON1C(=O)CCC1=O. The highest BCUT2D eigenvalue weighted by Gasteiger charge is 2.32.